The maximum atomic E-state index is 14.2. The van der Waals surface area contributed by atoms with Gasteiger partial charge in [-0.25, -0.2) is 8.78 Å². The van der Waals surface area contributed by atoms with Crippen LogP contribution in [0.1, 0.15) is 11.1 Å². The molecule has 0 amide bonds. The van der Waals surface area contributed by atoms with Crippen LogP contribution < -0.4 is 4.90 Å². The molecule has 0 bridgehead atoms. The van der Waals surface area contributed by atoms with E-state index in [-0.39, 0.29) is 0 Å². The zero-order chi connectivity index (χ0) is 16.1. The van der Waals surface area contributed by atoms with Gasteiger partial charge in [-0.1, -0.05) is 36.4 Å². The summed E-state index contributed by atoms with van der Waals surface area (Å²) in [6, 6.07) is 17.2. The van der Waals surface area contributed by atoms with Gasteiger partial charge in [0.2, 0.25) is 0 Å². The molecule has 0 saturated carbocycles. The van der Waals surface area contributed by atoms with Crippen LogP contribution >= 0.6 is 0 Å². The lowest BCUT2D eigenvalue weighted by atomic mass is 10.1. The Morgan fingerprint density at radius 1 is 0.826 bits per heavy atom. The number of hydrogen-bond acceptors (Lipinski definition) is 2. The molecule has 0 aliphatic rings. The molecular weight excluding hydrogens is 294 g/mol. The number of hydrogen-bond donors (Lipinski definition) is 0. The van der Waals surface area contributed by atoms with Crippen LogP contribution in [-0.4, -0.2) is 4.98 Å². The van der Waals surface area contributed by atoms with Crippen LogP contribution in [-0.2, 0) is 13.1 Å². The van der Waals surface area contributed by atoms with Crippen molar-refractivity contribution < 1.29 is 8.78 Å². The van der Waals surface area contributed by atoms with E-state index in [1.165, 1.54) is 12.1 Å². The molecule has 0 fully saturated rings. The second-order valence-corrected chi connectivity index (χ2v) is 5.30. The Morgan fingerprint density at radius 2 is 1.57 bits per heavy atom. The SMILES string of the molecule is Fc1ccc(N(Cc2ccccc2)Cc2cccnc2)c(F)c1. The highest BCUT2D eigenvalue weighted by atomic mass is 19.1. The van der Waals surface area contributed by atoms with E-state index in [1.54, 1.807) is 12.4 Å². The highest BCUT2D eigenvalue weighted by molar-refractivity contribution is 5.49. The number of nitrogens with zero attached hydrogens (tertiary/aromatic N) is 2. The van der Waals surface area contributed by atoms with Crippen molar-refractivity contribution in [1.82, 2.24) is 4.98 Å². The molecule has 3 aromatic rings. The Morgan fingerprint density at radius 3 is 2.26 bits per heavy atom. The lowest BCUT2D eigenvalue weighted by Gasteiger charge is -2.25. The monoisotopic (exact) mass is 310 g/mol. The van der Waals surface area contributed by atoms with Crippen molar-refractivity contribution in [1.29, 1.82) is 0 Å². The van der Waals surface area contributed by atoms with Crippen LogP contribution in [0.15, 0.2) is 73.1 Å². The van der Waals surface area contributed by atoms with E-state index in [0.717, 1.165) is 17.2 Å². The predicted octanol–water partition coefficient (Wildman–Crippen LogP) is 4.57. The van der Waals surface area contributed by atoms with Crippen molar-refractivity contribution in [3.05, 3.63) is 95.8 Å². The topological polar surface area (TPSA) is 16.1 Å². The number of halogens is 2. The fourth-order valence-corrected chi connectivity index (χ4v) is 2.48. The third-order valence-electron chi connectivity index (χ3n) is 3.56. The van der Waals surface area contributed by atoms with Gasteiger partial charge in [0.25, 0.3) is 0 Å². The molecule has 116 valence electrons. The molecule has 0 radical (unpaired) electrons. The molecule has 0 aliphatic carbocycles. The summed E-state index contributed by atoms with van der Waals surface area (Å²) in [7, 11) is 0. The lowest BCUT2D eigenvalue weighted by molar-refractivity contribution is 0.577. The van der Waals surface area contributed by atoms with E-state index >= 15 is 0 Å². The van der Waals surface area contributed by atoms with Gasteiger partial charge in [-0.05, 0) is 29.3 Å². The van der Waals surface area contributed by atoms with Gasteiger partial charge in [0, 0.05) is 31.5 Å². The van der Waals surface area contributed by atoms with Crippen molar-refractivity contribution in [3.63, 3.8) is 0 Å². The van der Waals surface area contributed by atoms with E-state index in [9.17, 15) is 8.78 Å². The number of benzene rings is 2. The first-order valence-corrected chi connectivity index (χ1v) is 7.35. The smallest absolute Gasteiger partial charge is 0.149 e. The Kier molecular flexibility index (Phi) is 4.62. The Labute approximate surface area is 134 Å². The summed E-state index contributed by atoms with van der Waals surface area (Å²) in [6.45, 7) is 1.02. The molecule has 1 aromatic heterocycles. The zero-order valence-corrected chi connectivity index (χ0v) is 12.5. The minimum atomic E-state index is -0.577. The molecule has 3 rings (SSSR count). The van der Waals surface area contributed by atoms with Crippen molar-refractivity contribution in [2.24, 2.45) is 0 Å². The van der Waals surface area contributed by atoms with Gasteiger partial charge in [0.15, 0.2) is 0 Å². The van der Waals surface area contributed by atoms with Crippen LogP contribution in [0.5, 0.6) is 0 Å². The number of aromatic nitrogens is 1. The molecule has 2 aromatic carbocycles. The van der Waals surface area contributed by atoms with Crippen LogP contribution in [0.25, 0.3) is 0 Å². The normalized spacial score (nSPS) is 10.5. The van der Waals surface area contributed by atoms with E-state index < -0.39 is 11.6 Å². The van der Waals surface area contributed by atoms with Crippen molar-refractivity contribution >= 4 is 5.69 Å². The van der Waals surface area contributed by atoms with Crippen molar-refractivity contribution in [2.75, 3.05) is 4.90 Å². The summed E-state index contributed by atoms with van der Waals surface area (Å²) in [4.78, 5) is 5.97. The second-order valence-electron chi connectivity index (χ2n) is 5.30. The Hall–Kier alpha value is -2.75. The zero-order valence-electron chi connectivity index (χ0n) is 12.5. The first-order valence-electron chi connectivity index (χ1n) is 7.35. The van der Waals surface area contributed by atoms with Gasteiger partial charge in [-0.15, -0.1) is 0 Å². The third kappa shape index (κ3) is 3.92. The highest BCUT2D eigenvalue weighted by Gasteiger charge is 2.14. The van der Waals surface area contributed by atoms with E-state index in [1.807, 2.05) is 47.4 Å². The Balaban J connectivity index is 1.92. The predicted molar refractivity (Wildman–Crippen MR) is 86.9 cm³/mol. The third-order valence-corrected chi connectivity index (χ3v) is 3.56. The first kappa shape index (κ1) is 15.2. The van der Waals surface area contributed by atoms with Crippen molar-refractivity contribution in [3.8, 4) is 0 Å². The summed E-state index contributed by atoms with van der Waals surface area (Å²) in [5.41, 5.74) is 2.39. The van der Waals surface area contributed by atoms with Gasteiger partial charge in [-0.2, -0.15) is 0 Å². The summed E-state index contributed by atoms with van der Waals surface area (Å²) in [5, 5.41) is 0. The van der Waals surface area contributed by atoms with Gasteiger partial charge in [0.05, 0.1) is 5.69 Å². The van der Waals surface area contributed by atoms with Crippen LogP contribution in [0.4, 0.5) is 14.5 Å². The highest BCUT2D eigenvalue weighted by Crippen LogP contribution is 2.24. The van der Waals surface area contributed by atoms with E-state index in [4.69, 9.17) is 0 Å². The molecule has 0 atom stereocenters. The standard InChI is InChI=1S/C19H16F2N2/c20-17-8-9-19(18(21)11-17)23(13-15-5-2-1-3-6-15)14-16-7-4-10-22-12-16/h1-12H,13-14H2. The largest absolute Gasteiger partial charge is 0.360 e. The number of anilines is 1. The molecule has 0 spiro atoms. The molecule has 0 unspecified atom stereocenters. The molecular formula is C19H16F2N2. The average molecular weight is 310 g/mol. The molecule has 1 heterocycles. The van der Waals surface area contributed by atoms with E-state index in [2.05, 4.69) is 4.98 Å². The molecule has 0 saturated heterocycles. The summed E-state index contributed by atoms with van der Waals surface area (Å²) in [5.74, 6) is -1.14. The maximum Gasteiger partial charge on any atom is 0.149 e. The molecule has 0 N–H and O–H groups in total. The van der Waals surface area contributed by atoms with Gasteiger partial charge >= 0.3 is 0 Å². The van der Waals surface area contributed by atoms with E-state index in [0.29, 0.717) is 18.8 Å². The molecule has 23 heavy (non-hydrogen) atoms. The second kappa shape index (κ2) is 7.01. The van der Waals surface area contributed by atoms with Gasteiger partial charge < -0.3 is 4.90 Å². The fourth-order valence-electron chi connectivity index (χ4n) is 2.48. The van der Waals surface area contributed by atoms with Gasteiger partial charge in [0.1, 0.15) is 11.6 Å². The fraction of sp³-hybridized carbons (Fsp3) is 0.105. The minimum absolute atomic E-state index is 0.374. The summed E-state index contributed by atoms with van der Waals surface area (Å²) in [6.07, 6.45) is 3.45. The molecule has 2 nitrogen and oxygen atoms in total. The van der Waals surface area contributed by atoms with Crippen LogP contribution in [0.2, 0.25) is 0 Å². The molecule has 0 aliphatic heterocycles. The van der Waals surface area contributed by atoms with Crippen LogP contribution in [0.3, 0.4) is 0 Å². The number of rotatable bonds is 5. The minimum Gasteiger partial charge on any atom is -0.360 e. The summed E-state index contributed by atoms with van der Waals surface area (Å²) < 4.78 is 27.4. The molecule has 4 heteroatoms. The average Bonchev–Trinajstić information content (AvgIpc) is 2.56. The Bertz CT molecular complexity index is 719. The van der Waals surface area contributed by atoms with Crippen LogP contribution in [0, 0.1) is 11.6 Å². The quantitative estimate of drug-likeness (QED) is 0.686. The maximum absolute atomic E-state index is 14.2. The van der Waals surface area contributed by atoms with Crippen molar-refractivity contribution in [2.45, 2.75) is 13.1 Å². The summed E-state index contributed by atoms with van der Waals surface area (Å²) >= 11 is 0. The van der Waals surface area contributed by atoms with Gasteiger partial charge in [-0.3, -0.25) is 4.98 Å². The first-order chi connectivity index (χ1) is 11.2. The number of pyridine rings is 1. The lowest BCUT2D eigenvalue weighted by Crippen LogP contribution is -2.23.